The number of carbonyl (C=O) groups is 2. The molecular weight excluding hydrogens is 314 g/mol. The molecule has 0 fully saturated rings. The predicted octanol–water partition coefficient (Wildman–Crippen LogP) is 2.17. The molecule has 1 aromatic heterocycles. The van der Waals surface area contributed by atoms with Gasteiger partial charge < -0.3 is 20.7 Å². The van der Waals surface area contributed by atoms with E-state index in [1.165, 1.54) is 11.3 Å². The average Bonchev–Trinajstić information content (AvgIpc) is 3.06. The third-order valence-corrected chi connectivity index (χ3v) is 3.79. The van der Waals surface area contributed by atoms with Crippen molar-refractivity contribution in [3.8, 4) is 0 Å². The zero-order valence-electron chi connectivity index (χ0n) is 12.8. The Bertz CT molecular complexity index is 644. The number of amides is 2. The summed E-state index contributed by atoms with van der Waals surface area (Å²) in [5, 5.41) is 10.4. The van der Waals surface area contributed by atoms with Gasteiger partial charge in [-0.25, -0.2) is 0 Å². The topological polar surface area (TPSA) is 79.5 Å². The van der Waals surface area contributed by atoms with Gasteiger partial charge in [0.05, 0.1) is 18.0 Å². The summed E-state index contributed by atoms with van der Waals surface area (Å²) >= 11 is 1.38. The molecule has 122 valence electrons. The second kappa shape index (κ2) is 9.04. The fourth-order valence-electron chi connectivity index (χ4n) is 1.86. The summed E-state index contributed by atoms with van der Waals surface area (Å²) < 4.78 is 4.89. The lowest BCUT2D eigenvalue weighted by Gasteiger charge is -2.09. The second-order valence-corrected chi connectivity index (χ2v) is 5.68. The van der Waals surface area contributed by atoms with Gasteiger partial charge in [0.1, 0.15) is 0 Å². The van der Waals surface area contributed by atoms with E-state index in [0.29, 0.717) is 29.4 Å². The summed E-state index contributed by atoms with van der Waals surface area (Å²) in [4.78, 5) is 24.4. The summed E-state index contributed by atoms with van der Waals surface area (Å²) in [5.74, 6) is -0.312. The van der Waals surface area contributed by atoms with E-state index in [1.807, 2.05) is 11.4 Å². The van der Waals surface area contributed by atoms with Crippen LogP contribution in [0.5, 0.6) is 0 Å². The number of nitrogens with one attached hydrogen (secondary N) is 3. The first-order valence-corrected chi connectivity index (χ1v) is 8.01. The van der Waals surface area contributed by atoms with Crippen LogP contribution in [0.4, 0.5) is 11.4 Å². The van der Waals surface area contributed by atoms with Crippen LogP contribution in [0.1, 0.15) is 9.67 Å². The number of carbonyl (C=O) groups excluding carboxylic acids is 2. The van der Waals surface area contributed by atoms with Crippen molar-refractivity contribution >= 4 is 34.5 Å². The molecule has 0 saturated carbocycles. The lowest BCUT2D eigenvalue weighted by molar-refractivity contribution is -0.115. The molecule has 3 N–H and O–H groups in total. The molecule has 0 saturated heterocycles. The van der Waals surface area contributed by atoms with E-state index in [1.54, 1.807) is 37.4 Å². The van der Waals surface area contributed by atoms with Gasteiger partial charge in [-0.1, -0.05) is 12.1 Å². The molecule has 1 aromatic carbocycles. The zero-order chi connectivity index (χ0) is 16.5. The first kappa shape index (κ1) is 17.1. The van der Waals surface area contributed by atoms with Crippen molar-refractivity contribution in [3.63, 3.8) is 0 Å². The van der Waals surface area contributed by atoms with Crippen molar-refractivity contribution in [2.75, 3.05) is 37.4 Å². The van der Waals surface area contributed by atoms with Crippen molar-refractivity contribution in [2.45, 2.75) is 0 Å². The van der Waals surface area contributed by atoms with Crippen LogP contribution in [0.15, 0.2) is 41.8 Å². The van der Waals surface area contributed by atoms with Gasteiger partial charge in [-0.05, 0) is 29.6 Å². The number of hydrogen-bond donors (Lipinski definition) is 3. The molecule has 0 unspecified atom stereocenters. The Hall–Kier alpha value is -2.22. The van der Waals surface area contributed by atoms with Gasteiger partial charge in [0.2, 0.25) is 5.91 Å². The minimum atomic E-state index is -0.162. The first-order valence-electron chi connectivity index (χ1n) is 7.13. The summed E-state index contributed by atoms with van der Waals surface area (Å²) in [6.45, 7) is 1.37. The van der Waals surface area contributed by atoms with Crippen LogP contribution in [-0.2, 0) is 9.53 Å². The highest BCUT2D eigenvalue weighted by Crippen LogP contribution is 2.17. The third-order valence-electron chi connectivity index (χ3n) is 2.92. The lowest BCUT2D eigenvalue weighted by atomic mass is 10.2. The summed E-state index contributed by atoms with van der Waals surface area (Å²) in [6.07, 6.45) is 0. The predicted molar refractivity (Wildman–Crippen MR) is 92.1 cm³/mol. The van der Waals surface area contributed by atoms with Crippen LogP contribution < -0.4 is 16.0 Å². The molecule has 6 nitrogen and oxygen atoms in total. The van der Waals surface area contributed by atoms with E-state index < -0.39 is 0 Å². The van der Waals surface area contributed by atoms with Crippen molar-refractivity contribution in [2.24, 2.45) is 0 Å². The van der Waals surface area contributed by atoms with Gasteiger partial charge >= 0.3 is 0 Å². The lowest BCUT2D eigenvalue weighted by Crippen LogP contribution is -2.30. The maximum atomic E-state index is 12.0. The Morgan fingerprint density at radius 2 is 1.91 bits per heavy atom. The van der Waals surface area contributed by atoms with Crippen LogP contribution >= 0.6 is 11.3 Å². The number of ether oxygens (including phenoxy) is 1. The molecule has 7 heteroatoms. The van der Waals surface area contributed by atoms with E-state index in [0.717, 1.165) is 0 Å². The first-order chi connectivity index (χ1) is 11.2. The molecular formula is C16H19N3O3S. The van der Waals surface area contributed by atoms with Crippen molar-refractivity contribution in [1.82, 2.24) is 5.32 Å². The van der Waals surface area contributed by atoms with Crippen LogP contribution in [0.25, 0.3) is 0 Å². The molecule has 0 aliphatic rings. The molecule has 0 radical (unpaired) electrons. The number of rotatable bonds is 8. The minimum absolute atomic E-state index is 0.150. The van der Waals surface area contributed by atoms with Crippen molar-refractivity contribution in [3.05, 3.63) is 46.7 Å². The fraction of sp³-hybridized carbons (Fsp3) is 0.250. The summed E-state index contributed by atoms with van der Waals surface area (Å²) in [5.41, 5.74) is 1.26. The number of hydrogen-bond acceptors (Lipinski definition) is 5. The molecule has 0 bridgehead atoms. The van der Waals surface area contributed by atoms with Gasteiger partial charge in [-0.3, -0.25) is 9.59 Å². The molecule has 2 rings (SSSR count). The van der Waals surface area contributed by atoms with Gasteiger partial charge in [0.25, 0.3) is 5.91 Å². The molecule has 0 aliphatic heterocycles. The van der Waals surface area contributed by atoms with E-state index in [-0.39, 0.29) is 18.4 Å². The largest absolute Gasteiger partial charge is 0.383 e. The Labute approximate surface area is 138 Å². The quantitative estimate of drug-likeness (QED) is 0.647. The maximum Gasteiger partial charge on any atom is 0.265 e. The average molecular weight is 333 g/mol. The zero-order valence-corrected chi connectivity index (χ0v) is 13.6. The van der Waals surface area contributed by atoms with E-state index >= 15 is 0 Å². The van der Waals surface area contributed by atoms with E-state index in [4.69, 9.17) is 4.74 Å². The highest BCUT2D eigenvalue weighted by Gasteiger charge is 2.08. The Morgan fingerprint density at radius 3 is 2.61 bits per heavy atom. The van der Waals surface area contributed by atoms with Gasteiger partial charge in [-0.2, -0.15) is 0 Å². The second-order valence-electron chi connectivity index (χ2n) is 4.73. The SMILES string of the molecule is COCCNCC(=O)Nc1cccc(NC(=O)c2cccs2)c1. The van der Waals surface area contributed by atoms with E-state index in [9.17, 15) is 9.59 Å². The van der Waals surface area contributed by atoms with Crippen LogP contribution in [0, 0.1) is 0 Å². The number of benzene rings is 1. The normalized spacial score (nSPS) is 10.3. The summed E-state index contributed by atoms with van der Waals surface area (Å²) in [7, 11) is 1.61. The van der Waals surface area contributed by atoms with Crippen LogP contribution in [0.2, 0.25) is 0 Å². The molecule has 2 amide bonds. The molecule has 2 aromatic rings. The van der Waals surface area contributed by atoms with Crippen molar-refractivity contribution < 1.29 is 14.3 Å². The molecule has 0 atom stereocenters. The Morgan fingerprint density at radius 1 is 1.13 bits per heavy atom. The molecule has 0 aliphatic carbocycles. The van der Waals surface area contributed by atoms with E-state index in [2.05, 4.69) is 16.0 Å². The van der Waals surface area contributed by atoms with Gasteiger partial charge in [-0.15, -0.1) is 11.3 Å². The van der Waals surface area contributed by atoms with Crippen molar-refractivity contribution in [1.29, 1.82) is 0 Å². The Kier molecular flexibility index (Phi) is 6.74. The smallest absolute Gasteiger partial charge is 0.265 e. The number of methoxy groups -OCH3 is 1. The highest BCUT2D eigenvalue weighted by atomic mass is 32.1. The summed E-state index contributed by atoms with van der Waals surface area (Å²) in [6, 6.07) is 10.6. The maximum absolute atomic E-state index is 12.0. The molecule has 23 heavy (non-hydrogen) atoms. The minimum Gasteiger partial charge on any atom is -0.383 e. The van der Waals surface area contributed by atoms with Crippen LogP contribution in [0.3, 0.4) is 0 Å². The number of anilines is 2. The monoisotopic (exact) mass is 333 g/mol. The Balaban J connectivity index is 1.87. The number of thiophene rings is 1. The van der Waals surface area contributed by atoms with Gasteiger partial charge in [0.15, 0.2) is 0 Å². The fourth-order valence-corrected chi connectivity index (χ4v) is 2.48. The standard InChI is InChI=1S/C16H19N3O3S/c1-22-8-7-17-11-15(20)18-12-4-2-5-13(10-12)19-16(21)14-6-3-9-23-14/h2-6,9-10,17H,7-8,11H2,1H3,(H,18,20)(H,19,21). The van der Waals surface area contributed by atoms with Gasteiger partial charge in [0, 0.05) is 25.0 Å². The molecule has 1 heterocycles. The highest BCUT2D eigenvalue weighted by molar-refractivity contribution is 7.12. The third kappa shape index (κ3) is 5.82. The van der Waals surface area contributed by atoms with Crippen LogP contribution in [-0.4, -0.2) is 38.6 Å². The molecule has 0 spiro atoms.